The minimum atomic E-state index is -0.667. The Balaban J connectivity index is 2.82. The van der Waals surface area contributed by atoms with Gasteiger partial charge in [-0.25, -0.2) is 9.78 Å². The van der Waals surface area contributed by atoms with Crippen molar-refractivity contribution in [2.45, 2.75) is 6.92 Å². The standard InChI is InChI=1S/C7H8N2O3S/c1-2-12-7(10)5(9-11)6-8-3-4-13-6/h3-4,11H,2H2,1H3. The van der Waals surface area contributed by atoms with Gasteiger partial charge in [-0.05, 0) is 6.92 Å². The number of hydrogen-bond donors (Lipinski definition) is 1. The highest BCUT2D eigenvalue weighted by Gasteiger charge is 2.18. The largest absolute Gasteiger partial charge is 0.461 e. The molecule has 0 aliphatic heterocycles. The molecular weight excluding hydrogens is 192 g/mol. The molecular formula is C7H8N2O3S. The molecule has 70 valence electrons. The summed E-state index contributed by atoms with van der Waals surface area (Å²) in [4.78, 5) is 14.9. The maximum absolute atomic E-state index is 11.1. The fraction of sp³-hybridized carbons (Fsp3) is 0.286. The van der Waals surface area contributed by atoms with Crippen molar-refractivity contribution in [1.29, 1.82) is 0 Å². The normalized spacial score (nSPS) is 11.3. The third-order valence-electron chi connectivity index (χ3n) is 1.20. The fourth-order valence-corrected chi connectivity index (χ4v) is 1.32. The Morgan fingerprint density at radius 1 is 1.85 bits per heavy atom. The predicted octanol–water partition coefficient (Wildman–Crippen LogP) is 0.885. The SMILES string of the molecule is CCOC(=O)C(=NO)c1nccs1. The molecule has 0 spiro atoms. The molecule has 5 nitrogen and oxygen atoms in total. The smallest absolute Gasteiger partial charge is 0.363 e. The average Bonchev–Trinajstić information content (AvgIpc) is 2.59. The number of carbonyl (C=O) groups is 1. The first-order valence-electron chi connectivity index (χ1n) is 3.58. The zero-order chi connectivity index (χ0) is 9.68. The van der Waals surface area contributed by atoms with Crippen molar-refractivity contribution in [2.75, 3.05) is 6.61 Å². The van der Waals surface area contributed by atoms with Crippen LogP contribution in [0.25, 0.3) is 0 Å². The summed E-state index contributed by atoms with van der Waals surface area (Å²) in [6, 6.07) is 0. The first-order valence-corrected chi connectivity index (χ1v) is 4.46. The summed E-state index contributed by atoms with van der Waals surface area (Å²) in [5, 5.41) is 13.4. The van der Waals surface area contributed by atoms with E-state index in [9.17, 15) is 4.79 Å². The minimum Gasteiger partial charge on any atom is -0.461 e. The van der Waals surface area contributed by atoms with Crippen LogP contribution in [0.5, 0.6) is 0 Å². The van der Waals surface area contributed by atoms with Crippen molar-refractivity contribution >= 4 is 23.0 Å². The van der Waals surface area contributed by atoms with E-state index in [2.05, 4.69) is 14.9 Å². The van der Waals surface area contributed by atoms with Gasteiger partial charge in [0, 0.05) is 11.6 Å². The van der Waals surface area contributed by atoms with Crippen molar-refractivity contribution in [1.82, 2.24) is 4.98 Å². The predicted molar refractivity (Wildman–Crippen MR) is 47.1 cm³/mol. The molecule has 1 aromatic heterocycles. The van der Waals surface area contributed by atoms with Crippen LogP contribution in [0.15, 0.2) is 16.7 Å². The first-order chi connectivity index (χ1) is 6.29. The molecule has 0 saturated heterocycles. The van der Waals surface area contributed by atoms with E-state index in [1.165, 1.54) is 17.5 Å². The summed E-state index contributed by atoms with van der Waals surface area (Å²) in [6.07, 6.45) is 1.52. The Morgan fingerprint density at radius 2 is 2.62 bits per heavy atom. The highest BCUT2D eigenvalue weighted by atomic mass is 32.1. The molecule has 1 heterocycles. The van der Waals surface area contributed by atoms with Gasteiger partial charge < -0.3 is 9.94 Å². The van der Waals surface area contributed by atoms with E-state index in [0.29, 0.717) is 5.01 Å². The van der Waals surface area contributed by atoms with E-state index in [-0.39, 0.29) is 12.3 Å². The van der Waals surface area contributed by atoms with Gasteiger partial charge in [0.25, 0.3) is 0 Å². The van der Waals surface area contributed by atoms with Crippen molar-refractivity contribution in [2.24, 2.45) is 5.16 Å². The summed E-state index contributed by atoms with van der Waals surface area (Å²) in [7, 11) is 0. The summed E-state index contributed by atoms with van der Waals surface area (Å²) in [5.41, 5.74) is -0.156. The van der Waals surface area contributed by atoms with Gasteiger partial charge in [0.1, 0.15) is 0 Å². The zero-order valence-corrected chi connectivity index (χ0v) is 7.74. The Kier molecular flexibility index (Phi) is 3.39. The van der Waals surface area contributed by atoms with Crippen LogP contribution in [0.2, 0.25) is 0 Å². The van der Waals surface area contributed by atoms with Crippen LogP contribution in [-0.2, 0) is 9.53 Å². The lowest BCUT2D eigenvalue weighted by molar-refractivity contribution is -0.135. The number of oxime groups is 1. The van der Waals surface area contributed by atoms with E-state index < -0.39 is 5.97 Å². The molecule has 1 rings (SSSR count). The van der Waals surface area contributed by atoms with Crippen molar-refractivity contribution in [3.05, 3.63) is 16.6 Å². The van der Waals surface area contributed by atoms with Crippen LogP contribution < -0.4 is 0 Å². The number of carbonyl (C=O) groups excluding carboxylic acids is 1. The van der Waals surface area contributed by atoms with E-state index in [4.69, 9.17) is 5.21 Å². The van der Waals surface area contributed by atoms with E-state index in [0.717, 1.165) is 0 Å². The summed E-state index contributed by atoms with van der Waals surface area (Å²) >= 11 is 1.21. The van der Waals surface area contributed by atoms with Gasteiger partial charge >= 0.3 is 5.97 Å². The molecule has 0 atom stereocenters. The third kappa shape index (κ3) is 2.25. The number of thiazole rings is 1. The monoisotopic (exact) mass is 200 g/mol. The molecule has 0 unspecified atom stereocenters. The lowest BCUT2D eigenvalue weighted by atomic mass is 10.4. The lowest BCUT2D eigenvalue weighted by Crippen LogP contribution is -2.18. The van der Waals surface area contributed by atoms with Crippen LogP contribution in [0.1, 0.15) is 11.9 Å². The summed E-state index contributed by atoms with van der Waals surface area (Å²) in [5.74, 6) is -0.667. The van der Waals surface area contributed by atoms with E-state index in [1.54, 1.807) is 12.3 Å². The molecule has 1 N–H and O–H groups in total. The molecule has 0 bridgehead atoms. The zero-order valence-electron chi connectivity index (χ0n) is 6.93. The van der Waals surface area contributed by atoms with E-state index >= 15 is 0 Å². The molecule has 0 saturated carbocycles. The fourth-order valence-electron chi connectivity index (χ4n) is 0.711. The quantitative estimate of drug-likeness (QED) is 0.340. The van der Waals surface area contributed by atoms with Crippen LogP contribution in [-0.4, -0.2) is 28.5 Å². The van der Waals surface area contributed by atoms with Crippen LogP contribution in [0.3, 0.4) is 0 Å². The molecule has 0 aliphatic rings. The first kappa shape index (κ1) is 9.66. The summed E-state index contributed by atoms with van der Waals surface area (Å²) in [6.45, 7) is 1.91. The maximum Gasteiger partial charge on any atom is 0.363 e. The molecule has 0 aliphatic carbocycles. The van der Waals surface area contributed by atoms with Gasteiger partial charge in [-0.15, -0.1) is 11.3 Å². The molecule has 0 fully saturated rings. The molecule has 0 aromatic carbocycles. The number of ether oxygens (including phenoxy) is 1. The van der Waals surface area contributed by atoms with Crippen LogP contribution in [0, 0.1) is 0 Å². The number of nitrogens with zero attached hydrogens (tertiary/aromatic N) is 2. The topological polar surface area (TPSA) is 71.8 Å². The Hall–Kier alpha value is -1.43. The van der Waals surface area contributed by atoms with Crippen LogP contribution in [0.4, 0.5) is 0 Å². The van der Waals surface area contributed by atoms with E-state index in [1.807, 2.05) is 0 Å². The number of esters is 1. The lowest BCUT2D eigenvalue weighted by Gasteiger charge is -1.99. The number of rotatable bonds is 3. The number of hydrogen-bond acceptors (Lipinski definition) is 6. The van der Waals surface area contributed by atoms with Gasteiger partial charge in [-0.3, -0.25) is 0 Å². The molecule has 0 radical (unpaired) electrons. The van der Waals surface area contributed by atoms with Gasteiger partial charge in [-0.1, -0.05) is 5.16 Å². The number of aromatic nitrogens is 1. The minimum absolute atomic E-state index is 0.156. The highest BCUT2D eigenvalue weighted by Crippen LogP contribution is 2.06. The van der Waals surface area contributed by atoms with Crippen molar-refractivity contribution in [3.63, 3.8) is 0 Å². The third-order valence-corrected chi connectivity index (χ3v) is 1.98. The van der Waals surface area contributed by atoms with Crippen LogP contribution >= 0.6 is 11.3 Å². The second-order valence-corrected chi connectivity index (χ2v) is 2.90. The molecule has 1 aromatic rings. The molecule has 0 amide bonds. The highest BCUT2D eigenvalue weighted by molar-refractivity contribution is 7.12. The Morgan fingerprint density at radius 3 is 3.08 bits per heavy atom. The van der Waals surface area contributed by atoms with Gasteiger partial charge in [0.15, 0.2) is 5.01 Å². The summed E-state index contributed by atoms with van der Waals surface area (Å²) < 4.78 is 4.66. The van der Waals surface area contributed by atoms with Crippen molar-refractivity contribution < 1.29 is 14.7 Å². The second-order valence-electron chi connectivity index (χ2n) is 2.01. The average molecular weight is 200 g/mol. The Bertz CT molecular complexity index is 308. The van der Waals surface area contributed by atoms with Gasteiger partial charge in [-0.2, -0.15) is 0 Å². The van der Waals surface area contributed by atoms with Gasteiger partial charge in [0.2, 0.25) is 5.71 Å². The maximum atomic E-state index is 11.1. The Labute approximate surface area is 78.7 Å². The molecule has 13 heavy (non-hydrogen) atoms. The second kappa shape index (κ2) is 4.56. The van der Waals surface area contributed by atoms with Gasteiger partial charge in [0.05, 0.1) is 6.61 Å². The van der Waals surface area contributed by atoms with Crippen molar-refractivity contribution in [3.8, 4) is 0 Å². The molecule has 6 heteroatoms.